The van der Waals surface area contributed by atoms with Crippen molar-refractivity contribution < 1.29 is 4.79 Å². The van der Waals surface area contributed by atoms with E-state index in [-0.39, 0.29) is 12.5 Å². The normalized spacial score (nSPS) is 10.3. The summed E-state index contributed by atoms with van der Waals surface area (Å²) in [4.78, 5) is 12.1. The van der Waals surface area contributed by atoms with Gasteiger partial charge in [0.1, 0.15) is 0 Å². The minimum absolute atomic E-state index is 0.0493. The maximum atomic E-state index is 12.1. The molecular formula is C17H19BrN2O. The lowest BCUT2D eigenvalue weighted by Gasteiger charge is -2.13. The molecule has 2 aromatic rings. The van der Waals surface area contributed by atoms with E-state index in [1.165, 1.54) is 0 Å². The van der Waals surface area contributed by atoms with Crippen molar-refractivity contribution in [3.8, 4) is 0 Å². The first kappa shape index (κ1) is 15.6. The second kappa shape index (κ2) is 6.76. The van der Waals surface area contributed by atoms with E-state index >= 15 is 0 Å². The highest BCUT2D eigenvalue weighted by Crippen LogP contribution is 2.21. The van der Waals surface area contributed by atoms with E-state index in [0.717, 1.165) is 32.5 Å². The van der Waals surface area contributed by atoms with Gasteiger partial charge < -0.3 is 10.6 Å². The van der Waals surface area contributed by atoms with Gasteiger partial charge in [-0.3, -0.25) is 4.79 Å². The molecule has 2 rings (SSSR count). The molecule has 0 aliphatic rings. The van der Waals surface area contributed by atoms with Gasteiger partial charge in [0.2, 0.25) is 5.91 Å². The van der Waals surface area contributed by atoms with Gasteiger partial charge in [0.15, 0.2) is 0 Å². The van der Waals surface area contributed by atoms with E-state index in [4.69, 9.17) is 0 Å². The number of hydrogen-bond acceptors (Lipinski definition) is 2. The topological polar surface area (TPSA) is 41.1 Å². The molecule has 0 unspecified atom stereocenters. The first-order valence-electron chi connectivity index (χ1n) is 6.83. The van der Waals surface area contributed by atoms with E-state index in [1.54, 1.807) is 0 Å². The number of aryl methyl sites for hydroxylation is 3. The summed E-state index contributed by atoms with van der Waals surface area (Å²) in [5.41, 5.74) is 5.11. The summed E-state index contributed by atoms with van der Waals surface area (Å²) in [6.45, 7) is 6.24. The van der Waals surface area contributed by atoms with Gasteiger partial charge in [0.05, 0.1) is 6.54 Å². The van der Waals surface area contributed by atoms with Gasteiger partial charge >= 0.3 is 0 Å². The zero-order chi connectivity index (χ0) is 15.4. The van der Waals surface area contributed by atoms with Crippen molar-refractivity contribution in [3.05, 3.63) is 57.6 Å². The Balaban J connectivity index is 2.01. The van der Waals surface area contributed by atoms with Crippen molar-refractivity contribution in [2.24, 2.45) is 0 Å². The maximum absolute atomic E-state index is 12.1. The Hall–Kier alpha value is -1.81. The lowest BCUT2D eigenvalue weighted by Crippen LogP contribution is -2.23. The summed E-state index contributed by atoms with van der Waals surface area (Å²) in [6.07, 6.45) is 0. The zero-order valence-electron chi connectivity index (χ0n) is 12.5. The van der Waals surface area contributed by atoms with E-state index < -0.39 is 0 Å². The predicted octanol–water partition coefficient (Wildman–Crippen LogP) is 4.42. The largest absolute Gasteiger partial charge is 0.376 e. The Morgan fingerprint density at radius 2 is 1.71 bits per heavy atom. The average molecular weight is 347 g/mol. The number of anilines is 2. The van der Waals surface area contributed by atoms with Crippen molar-refractivity contribution in [3.63, 3.8) is 0 Å². The third-order valence-electron chi connectivity index (χ3n) is 3.38. The number of carbonyl (C=O) groups excluding carboxylic acids is 1. The molecule has 0 fully saturated rings. The van der Waals surface area contributed by atoms with Crippen LogP contribution in [0.3, 0.4) is 0 Å². The second-order valence-corrected chi connectivity index (χ2v) is 6.04. The molecule has 21 heavy (non-hydrogen) atoms. The minimum Gasteiger partial charge on any atom is -0.376 e. The summed E-state index contributed by atoms with van der Waals surface area (Å²) >= 11 is 3.44. The standard InChI is InChI=1S/C17H19BrN2O/c1-11-7-8-14(18)9-15(11)19-10-16(21)20-17-12(2)5-4-6-13(17)3/h4-9,19H,10H2,1-3H3,(H,20,21). The Morgan fingerprint density at radius 1 is 1.05 bits per heavy atom. The van der Waals surface area contributed by atoms with Crippen LogP contribution in [0.1, 0.15) is 16.7 Å². The molecule has 0 saturated carbocycles. The number of carbonyl (C=O) groups is 1. The number of nitrogens with one attached hydrogen (secondary N) is 2. The molecule has 4 heteroatoms. The van der Waals surface area contributed by atoms with Crippen LogP contribution in [0.25, 0.3) is 0 Å². The summed E-state index contributed by atoms with van der Waals surface area (Å²) in [5.74, 6) is -0.0493. The zero-order valence-corrected chi connectivity index (χ0v) is 14.0. The van der Waals surface area contributed by atoms with Crippen molar-refractivity contribution >= 4 is 33.2 Å². The lowest BCUT2D eigenvalue weighted by atomic mass is 10.1. The van der Waals surface area contributed by atoms with Crippen molar-refractivity contribution in [1.29, 1.82) is 0 Å². The number of benzene rings is 2. The smallest absolute Gasteiger partial charge is 0.243 e. The highest BCUT2D eigenvalue weighted by Gasteiger charge is 2.07. The molecule has 0 heterocycles. The molecule has 0 aliphatic carbocycles. The Morgan fingerprint density at radius 3 is 2.38 bits per heavy atom. The molecule has 0 spiro atoms. The minimum atomic E-state index is -0.0493. The van der Waals surface area contributed by atoms with Gasteiger partial charge in [0, 0.05) is 15.8 Å². The molecule has 2 aromatic carbocycles. The fourth-order valence-corrected chi connectivity index (χ4v) is 2.52. The van der Waals surface area contributed by atoms with Gasteiger partial charge in [-0.2, -0.15) is 0 Å². The number of amides is 1. The molecule has 0 aromatic heterocycles. The first-order chi connectivity index (χ1) is 9.97. The molecule has 0 aliphatic heterocycles. The highest BCUT2D eigenvalue weighted by atomic mass is 79.9. The van der Waals surface area contributed by atoms with Crippen LogP contribution < -0.4 is 10.6 Å². The molecule has 2 N–H and O–H groups in total. The van der Waals surface area contributed by atoms with E-state index in [1.807, 2.05) is 57.2 Å². The second-order valence-electron chi connectivity index (χ2n) is 5.13. The summed E-state index contributed by atoms with van der Waals surface area (Å²) in [6, 6.07) is 11.9. The van der Waals surface area contributed by atoms with Gasteiger partial charge in [-0.1, -0.05) is 40.2 Å². The van der Waals surface area contributed by atoms with E-state index in [0.29, 0.717) is 0 Å². The molecule has 0 radical (unpaired) electrons. The monoisotopic (exact) mass is 346 g/mol. The molecule has 3 nitrogen and oxygen atoms in total. The predicted molar refractivity (Wildman–Crippen MR) is 91.9 cm³/mol. The first-order valence-corrected chi connectivity index (χ1v) is 7.63. The number of hydrogen-bond donors (Lipinski definition) is 2. The fraction of sp³-hybridized carbons (Fsp3) is 0.235. The summed E-state index contributed by atoms with van der Waals surface area (Å²) in [5, 5.41) is 6.14. The van der Waals surface area contributed by atoms with E-state index in [9.17, 15) is 4.79 Å². The van der Waals surface area contributed by atoms with Crippen LogP contribution in [0.2, 0.25) is 0 Å². The quantitative estimate of drug-likeness (QED) is 0.859. The molecule has 0 bridgehead atoms. The van der Waals surface area contributed by atoms with E-state index in [2.05, 4.69) is 26.6 Å². The third-order valence-corrected chi connectivity index (χ3v) is 3.88. The SMILES string of the molecule is Cc1ccc(Br)cc1NCC(=O)Nc1c(C)cccc1C. The van der Waals surface area contributed by atoms with Gasteiger partial charge in [-0.15, -0.1) is 0 Å². The number of halogens is 1. The molecular weight excluding hydrogens is 328 g/mol. The molecule has 0 atom stereocenters. The Kier molecular flexibility index (Phi) is 5.02. The van der Waals surface area contributed by atoms with Crippen molar-refractivity contribution in [1.82, 2.24) is 0 Å². The van der Waals surface area contributed by atoms with Gasteiger partial charge in [-0.25, -0.2) is 0 Å². The van der Waals surface area contributed by atoms with Crippen molar-refractivity contribution in [2.45, 2.75) is 20.8 Å². The van der Waals surface area contributed by atoms with Gasteiger partial charge in [-0.05, 0) is 49.6 Å². The van der Waals surface area contributed by atoms with Crippen LogP contribution >= 0.6 is 15.9 Å². The van der Waals surface area contributed by atoms with Crippen LogP contribution in [0, 0.1) is 20.8 Å². The Bertz CT molecular complexity index is 648. The molecule has 110 valence electrons. The third kappa shape index (κ3) is 4.08. The number of para-hydroxylation sites is 1. The van der Waals surface area contributed by atoms with Crippen molar-refractivity contribution in [2.75, 3.05) is 17.2 Å². The average Bonchev–Trinajstić information content (AvgIpc) is 2.44. The van der Waals surface area contributed by atoms with Crippen LogP contribution in [-0.4, -0.2) is 12.5 Å². The van der Waals surface area contributed by atoms with Crippen LogP contribution in [0.5, 0.6) is 0 Å². The van der Waals surface area contributed by atoms with Crippen LogP contribution in [-0.2, 0) is 4.79 Å². The van der Waals surface area contributed by atoms with Crippen LogP contribution in [0.4, 0.5) is 11.4 Å². The Labute approximate surface area is 133 Å². The summed E-state index contributed by atoms with van der Waals surface area (Å²) < 4.78 is 0.991. The lowest BCUT2D eigenvalue weighted by molar-refractivity contribution is -0.114. The maximum Gasteiger partial charge on any atom is 0.243 e. The highest BCUT2D eigenvalue weighted by molar-refractivity contribution is 9.10. The molecule has 0 saturated heterocycles. The molecule has 1 amide bonds. The fourth-order valence-electron chi connectivity index (χ4n) is 2.16. The van der Waals surface area contributed by atoms with Gasteiger partial charge in [0.25, 0.3) is 0 Å². The van der Waals surface area contributed by atoms with Crippen LogP contribution in [0.15, 0.2) is 40.9 Å². The number of rotatable bonds is 4. The summed E-state index contributed by atoms with van der Waals surface area (Å²) in [7, 11) is 0.